The van der Waals surface area contributed by atoms with Crippen molar-refractivity contribution in [2.45, 2.75) is 0 Å². The minimum absolute atomic E-state index is 0.464. The maximum atomic E-state index is 10.7. The van der Waals surface area contributed by atoms with Gasteiger partial charge in [0.25, 0.3) is 0 Å². The van der Waals surface area contributed by atoms with Gasteiger partial charge in [-0.05, 0) is 18.2 Å². The predicted octanol–water partition coefficient (Wildman–Crippen LogP) is 0.934. The van der Waals surface area contributed by atoms with Gasteiger partial charge >= 0.3 is 5.76 Å². The number of carbonyl (C=O) groups excluding carboxylic acids is 1. The molecule has 0 bridgehead atoms. The van der Waals surface area contributed by atoms with Crippen molar-refractivity contribution in [1.29, 1.82) is 0 Å². The Morgan fingerprint density at radius 1 is 1.42 bits per heavy atom. The molecule has 0 spiro atoms. The largest absolute Gasteiger partial charge is 0.417 e. The number of oxazole rings is 1. The van der Waals surface area contributed by atoms with Gasteiger partial charge in [0.2, 0.25) is 0 Å². The van der Waals surface area contributed by atoms with Gasteiger partial charge in [-0.15, -0.1) is 0 Å². The average Bonchev–Trinajstić information content (AvgIpc) is 2.43. The zero-order valence-electron chi connectivity index (χ0n) is 6.03. The van der Waals surface area contributed by atoms with Crippen LogP contribution in [0.15, 0.2) is 27.4 Å². The number of hydrogen-bond donors (Lipinski definition) is 1. The molecule has 0 saturated carbocycles. The standard InChI is InChI=1S/C8H5NO3/c10-4-5-1-2-7-6(3-5)9-8(11)12-7/h1-4H,(H,9,11). The van der Waals surface area contributed by atoms with Crippen molar-refractivity contribution >= 4 is 17.4 Å². The summed E-state index contributed by atoms with van der Waals surface area (Å²) in [4.78, 5) is 23.5. The van der Waals surface area contributed by atoms with Gasteiger partial charge in [0.15, 0.2) is 5.58 Å². The first kappa shape index (κ1) is 6.84. The fraction of sp³-hybridized carbons (Fsp3) is 0. The number of hydrogen-bond acceptors (Lipinski definition) is 3. The highest BCUT2D eigenvalue weighted by Crippen LogP contribution is 2.10. The van der Waals surface area contributed by atoms with Gasteiger partial charge in [-0.2, -0.15) is 0 Å². The van der Waals surface area contributed by atoms with Crippen LogP contribution < -0.4 is 5.76 Å². The van der Waals surface area contributed by atoms with Crippen LogP contribution in [0.4, 0.5) is 0 Å². The van der Waals surface area contributed by atoms with E-state index in [0.29, 0.717) is 22.9 Å². The summed E-state index contributed by atoms with van der Waals surface area (Å²) in [7, 11) is 0. The highest BCUT2D eigenvalue weighted by atomic mass is 16.4. The predicted molar refractivity (Wildman–Crippen MR) is 42.2 cm³/mol. The lowest BCUT2D eigenvalue weighted by molar-refractivity contribution is 0.112. The molecular weight excluding hydrogens is 158 g/mol. The Morgan fingerprint density at radius 2 is 2.25 bits per heavy atom. The van der Waals surface area contributed by atoms with Crippen molar-refractivity contribution in [1.82, 2.24) is 4.98 Å². The minimum atomic E-state index is -0.506. The quantitative estimate of drug-likeness (QED) is 0.636. The summed E-state index contributed by atoms with van der Waals surface area (Å²) in [5, 5.41) is 0. The first-order valence-corrected chi connectivity index (χ1v) is 3.37. The van der Waals surface area contributed by atoms with Crippen molar-refractivity contribution in [3.63, 3.8) is 0 Å². The first-order chi connectivity index (χ1) is 5.79. The van der Waals surface area contributed by atoms with E-state index < -0.39 is 5.76 Å². The number of nitrogens with one attached hydrogen (secondary N) is 1. The van der Waals surface area contributed by atoms with Gasteiger partial charge in [0.05, 0.1) is 5.52 Å². The highest BCUT2D eigenvalue weighted by Gasteiger charge is 2.00. The summed E-state index contributed by atoms with van der Waals surface area (Å²) >= 11 is 0. The van der Waals surface area contributed by atoms with E-state index in [9.17, 15) is 9.59 Å². The molecular formula is C8H5NO3. The summed E-state index contributed by atoms with van der Waals surface area (Å²) in [6.07, 6.45) is 0.713. The van der Waals surface area contributed by atoms with Crippen molar-refractivity contribution in [2.24, 2.45) is 0 Å². The minimum Gasteiger partial charge on any atom is -0.408 e. The number of benzene rings is 1. The molecule has 12 heavy (non-hydrogen) atoms. The third-order valence-corrected chi connectivity index (χ3v) is 1.58. The lowest BCUT2D eigenvalue weighted by Gasteiger charge is -1.87. The van der Waals surface area contributed by atoms with Crippen LogP contribution in [0.25, 0.3) is 11.1 Å². The van der Waals surface area contributed by atoms with Gasteiger partial charge in [0, 0.05) is 5.56 Å². The zero-order chi connectivity index (χ0) is 8.55. The molecule has 0 aliphatic heterocycles. The summed E-state index contributed by atoms with van der Waals surface area (Å²) in [6.45, 7) is 0. The number of rotatable bonds is 1. The Balaban J connectivity index is 2.82. The number of aldehydes is 1. The van der Waals surface area contributed by atoms with E-state index in [4.69, 9.17) is 4.42 Å². The number of H-pyrrole nitrogens is 1. The van der Waals surface area contributed by atoms with Gasteiger partial charge < -0.3 is 4.42 Å². The van der Waals surface area contributed by atoms with E-state index in [1.54, 1.807) is 18.2 Å². The van der Waals surface area contributed by atoms with Crippen LogP contribution in [0.1, 0.15) is 10.4 Å². The van der Waals surface area contributed by atoms with Crippen molar-refractivity contribution in [3.05, 3.63) is 34.3 Å². The van der Waals surface area contributed by atoms with Crippen LogP contribution in [0, 0.1) is 0 Å². The summed E-state index contributed by atoms with van der Waals surface area (Å²) < 4.78 is 4.74. The fourth-order valence-electron chi connectivity index (χ4n) is 1.04. The zero-order valence-corrected chi connectivity index (χ0v) is 6.03. The molecule has 2 aromatic rings. The second kappa shape index (κ2) is 2.34. The van der Waals surface area contributed by atoms with E-state index in [1.165, 1.54) is 0 Å². The molecule has 0 radical (unpaired) electrons. The second-order valence-corrected chi connectivity index (χ2v) is 2.39. The van der Waals surface area contributed by atoms with Crippen LogP contribution in [0.5, 0.6) is 0 Å². The Labute approximate surface area is 66.8 Å². The summed E-state index contributed by atoms with van der Waals surface area (Å²) in [6, 6.07) is 4.73. The number of fused-ring (bicyclic) bond motifs is 1. The molecule has 0 fully saturated rings. The molecule has 1 aromatic heterocycles. The van der Waals surface area contributed by atoms with Crippen LogP contribution in [0.2, 0.25) is 0 Å². The maximum Gasteiger partial charge on any atom is 0.417 e. The van der Waals surface area contributed by atoms with Gasteiger partial charge in [-0.3, -0.25) is 9.78 Å². The average molecular weight is 163 g/mol. The number of aromatic nitrogens is 1. The van der Waals surface area contributed by atoms with Crippen LogP contribution in [-0.4, -0.2) is 11.3 Å². The Bertz CT molecular complexity index is 480. The molecule has 0 aliphatic rings. The number of aromatic amines is 1. The first-order valence-electron chi connectivity index (χ1n) is 3.37. The summed E-state index contributed by atoms with van der Waals surface area (Å²) in [5.41, 5.74) is 1.52. The Hall–Kier alpha value is -1.84. The van der Waals surface area contributed by atoms with Gasteiger partial charge in [-0.25, -0.2) is 4.79 Å². The van der Waals surface area contributed by atoms with E-state index >= 15 is 0 Å². The number of carbonyl (C=O) groups is 1. The van der Waals surface area contributed by atoms with Crippen molar-refractivity contribution < 1.29 is 9.21 Å². The van der Waals surface area contributed by atoms with Crippen molar-refractivity contribution in [3.8, 4) is 0 Å². The molecule has 2 rings (SSSR count). The Morgan fingerprint density at radius 3 is 3.00 bits per heavy atom. The summed E-state index contributed by atoms with van der Waals surface area (Å²) in [5.74, 6) is -0.506. The molecule has 4 nitrogen and oxygen atoms in total. The third kappa shape index (κ3) is 0.934. The smallest absolute Gasteiger partial charge is 0.408 e. The van der Waals surface area contributed by atoms with Crippen molar-refractivity contribution in [2.75, 3.05) is 0 Å². The molecule has 0 unspecified atom stereocenters. The van der Waals surface area contributed by atoms with Gasteiger partial charge in [-0.1, -0.05) is 0 Å². The topological polar surface area (TPSA) is 63.1 Å². The lowest BCUT2D eigenvalue weighted by atomic mass is 10.2. The molecule has 0 amide bonds. The molecule has 1 heterocycles. The molecule has 0 aliphatic carbocycles. The fourth-order valence-corrected chi connectivity index (χ4v) is 1.04. The molecule has 1 aromatic carbocycles. The maximum absolute atomic E-state index is 10.7. The normalized spacial score (nSPS) is 10.3. The highest BCUT2D eigenvalue weighted by molar-refractivity contribution is 5.83. The molecule has 0 saturated heterocycles. The monoisotopic (exact) mass is 163 g/mol. The van der Waals surface area contributed by atoms with Crippen LogP contribution >= 0.6 is 0 Å². The molecule has 0 atom stereocenters. The van der Waals surface area contributed by atoms with E-state index in [0.717, 1.165) is 0 Å². The Kier molecular flexibility index (Phi) is 1.33. The molecule has 4 heteroatoms. The lowest BCUT2D eigenvalue weighted by Crippen LogP contribution is -1.92. The van der Waals surface area contributed by atoms with Gasteiger partial charge in [0.1, 0.15) is 6.29 Å². The van der Waals surface area contributed by atoms with E-state index in [-0.39, 0.29) is 0 Å². The molecule has 60 valence electrons. The third-order valence-electron chi connectivity index (χ3n) is 1.58. The second-order valence-electron chi connectivity index (χ2n) is 2.39. The van der Waals surface area contributed by atoms with E-state index in [1.807, 2.05) is 0 Å². The van der Waals surface area contributed by atoms with Crippen LogP contribution in [0.3, 0.4) is 0 Å². The SMILES string of the molecule is O=Cc1ccc2oc(=O)[nH]c2c1. The molecule has 1 N–H and O–H groups in total. The van der Waals surface area contributed by atoms with Crippen LogP contribution in [-0.2, 0) is 0 Å². The van der Waals surface area contributed by atoms with E-state index in [2.05, 4.69) is 4.98 Å².